The summed E-state index contributed by atoms with van der Waals surface area (Å²) in [5.41, 5.74) is 0.340. The normalized spacial score (nSPS) is 23.7. The highest BCUT2D eigenvalue weighted by atomic mass is 19.1. The number of hydrogen-bond acceptors (Lipinski definition) is 5. The lowest BCUT2D eigenvalue weighted by atomic mass is 9.76. The zero-order valence-electron chi connectivity index (χ0n) is 19.3. The Morgan fingerprint density at radius 1 is 1.12 bits per heavy atom. The van der Waals surface area contributed by atoms with Crippen LogP contribution >= 0.6 is 0 Å². The van der Waals surface area contributed by atoms with Crippen molar-refractivity contribution in [2.75, 3.05) is 25.0 Å². The van der Waals surface area contributed by atoms with Crippen LogP contribution in [0.5, 0.6) is 0 Å². The number of carbonyl (C=O) groups is 3. The molecule has 1 atom stereocenters. The minimum atomic E-state index is -1.02. The van der Waals surface area contributed by atoms with Crippen LogP contribution in [0.15, 0.2) is 12.1 Å². The second-order valence-corrected chi connectivity index (χ2v) is 10.2. The number of ether oxygens (including phenoxy) is 1. The molecule has 0 spiro atoms. The predicted molar refractivity (Wildman–Crippen MR) is 118 cm³/mol. The number of imide groups is 1. The summed E-state index contributed by atoms with van der Waals surface area (Å²) in [7, 11) is 1.68. The molecule has 1 aromatic carbocycles. The molecule has 3 fully saturated rings. The van der Waals surface area contributed by atoms with E-state index in [2.05, 4.69) is 19.2 Å². The third-order valence-corrected chi connectivity index (χ3v) is 7.27. The van der Waals surface area contributed by atoms with Gasteiger partial charge in [0.1, 0.15) is 17.7 Å². The van der Waals surface area contributed by atoms with Crippen LogP contribution in [0.4, 0.5) is 19.3 Å². The average Bonchev–Trinajstić information content (AvgIpc) is 2.69. The van der Waals surface area contributed by atoms with E-state index in [0.717, 1.165) is 25.7 Å². The standard InChI is InChI=1S/C24H31F2N3O4/c1-24(2)8-6-16(7-9-24)33-23(32)28(3)15-12-29(13-15)14-10-18(25)21(19(26)11-14)17-4-5-20(30)27-22(17)31/h10-11,15-17H,4-9,12-13H2,1-3H3,(H,27,30,31). The summed E-state index contributed by atoms with van der Waals surface area (Å²) in [6, 6.07) is 2.31. The number of benzene rings is 1. The molecule has 1 aliphatic carbocycles. The van der Waals surface area contributed by atoms with Crippen molar-refractivity contribution < 1.29 is 27.9 Å². The van der Waals surface area contributed by atoms with Gasteiger partial charge in [0, 0.05) is 37.8 Å². The first-order valence-corrected chi connectivity index (χ1v) is 11.5. The summed E-state index contributed by atoms with van der Waals surface area (Å²) in [5, 5.41) is 2.13. The molecular formula is C24H31F2N3O4. The monoisotopic (exact) mass is 463 g/mol. The molecule has 1 saturated carbocycles. The third kappa shape index (κ3) is 4.96. The lowest BCUT2D eigenvalue weighted by Gasteiger charge is -2.45. The van der Waals surface area contributed by atoms with E-state index in [1.54, 1.807) is 16.8 Å². The summed E-state index contributed by atoms with van der Waals surface area (Å²) < 4.78 is 35.2. The van der Waals surface area contributed by atoms with Gasteiger partial charge in [-0.05, 0) is 49.7 Å². The summed E-state index contributed by atoms with van der Waals surface area (Å²) in [4.78, 5) is 39.2. The van der Waals surface area contributed by atoms with E-state index in [1.807, 2.05) is 0 Å². The molecule has 1 aromatic rings. The molecule has 9 heteroatoms. The van der Waals surface area contributed by atoms with Crippen LogP contribution in [0, 0.1) is 17.0 Å². The van der Waals surface area contributed by atoms with Gasteiger partial charge in [0.25, 0.3) is 0 Å². The van der Waals surface area contributed by atoms with Crippen molar-refractivity contribution in [3.63, 3.8) is 0 Å². The molecule has 4 rings (SSSR count). The number of anilines is 1. The maximum Gasteiger partial charge on any atom is 0.410 e. The first-order chi connectivity index (χ1) is 15.5. The Balaban J connectivity index is 1.33. The SMILES string of the molecule is CN(C(=O)OC1CCC(C)(C)CC1)C1CN(c2cc(F)c(C3CCC(=O)NC3=O)c(F)c2)C1. The topological polar surface area (TPSA) is 79.0 Å². The Labute approximate surface area is 192 Å². The maximum atomic E-state index is 14.8. The number of halogens is 2. The van der Waals surface area contributed by atoms with Gasteiger partial charge in [-0.3, -0.25) is 14.9 Å². The number of piperidine rings is 1. The first kappa shape index (κ1) is 23.4. The van der Waals surface area contributed by atoms with Gasteiger partial charge in [-0.25, -0.2) is 13.6 Å². The Hall–Kier alpha value is -2.71. The Bertz CT molecular complexity index is 928. The van der Waals surface area contributed by atoms with Crippen molar-refractivity contribution in [1.82, 2.24) is 10.2 Å². The van der Waals surface area contributed by atoms with Gasteiger partial charge in [-0.1, -0.05) is 13.8 Å². The van der Waals surface area contributed by atoms with Crippen LogP contribution in [0.1, 0.15) is 63.9 Å². The Kier molecular flexibility index (Phi) is 6.33. The fraction of sp³-hybridized carbons (Fsp3) is 0.625. The van der Waals surface area contributed by atoms with Crippen LogP contribution in [-0.4, -0.2) is 55.1 Å². The van der Waals surface area contributed by atoms with Crippen LogP contribution in [0.2, 0.25) is 0 Å². The van der Waals surface area contributed by atoms with Crippen molar-refractivity contribution in [3.8, 4) is 0 Å². The maximum absolute atomic E-state index is 14.8. The molecule has 1 unspecified atom stereocenters. The van der Waals surface area contributed by atoms with Crippen LogP contribution in [0.25, 0.3) is 0 Å². The number of carbonyl (C=O) groups excluding carboxylic acids is 3. The van der Waals surface area contributed by atoms with Crippen molar-refractivity contribution in [1.29, 1.82) is 0 Å². The summed E-state index contributed by atoms with van der Waals surface area (Å²) in [5.74, 6) is -3.75. The van der Waals surface area contributed by atoms with Gasteiger partial charge < -0.3 is 14.5 Å². The summed E-state index contributed by atoms with van der Waals surface area (Å²) >= 11 is 0. The molecule has 3 amide bonds. The molecule has 0 bridgehead atoms. The highest BCUT2D eigenvalue weighted by Gasteiger charge is 2.37. The molecule has 2 heterocycles. The van der Waals surface area contributed by atoms with Gasteiger partial charge in [0.05, 0.1) is 12.0 Å². The van der Waals surface area contributed by atoms with Crippen molar-refractivity contribution >= 4 is 23.6 Å². The molecule has 0 aromatic heterocycles. The zero-order valence-corrected chi connectivity index (χ0v) is 19.3. The van der Waals surface area contributed by atoms with Gasteiger partial charge in [0.15, 0.2) is 0 Å². The average molecular weight is 464 g/mol. The fourth-order valence-corrected chi connectivity index (χ4v) is 4.83. The third-order valence-electron chi connectivity index (χ3n) is 7.27. The zero-order chi connectivity index (χ0) is 23.9. The van der Waals surface area contributed by atoms with E-state index in [-0.39, 0.29) is 36.6 Å². The first-order valence-electron chi connectivity index (χ1n) is 11.5. The van der Waals surface area contributed by atoms with Gasteiger partial charge in [0.2, 0.25) is 11.8 Å². The lowest BCUT2D eigenvalue weighted by molar-refractivity contribution is -0.134. The molecule has 180 valence electrons. The van der Waals surface area contributed by atoms with Gasteiger partial charge >= 0.3 is 6.09 Å². The number of amides is 3. The van der Waals surface area contributed by atoms with E-state index in [9.17, 15) is 23.2 Å². The molecule has 2 aliphatic heterocycles. The van der Waals surface area contributed by atoms with Gasteiger partial charge in [-0.15, -0.1) is 0 Å². The number of rotatable bonds is 4. The number of nitrogens with one attached hydrogen (secondary N) is 1. The molecule has 33 heavy (non-hydrogen) atoms. The van der Waals surface area contributed by atoms with Crippen molar-refractivity contribution in [2.24, 2.45) is 5.41 Å². The quantitative estimate of drug-likeness (QED) is 0.689. The molecular weight excluding hydrogens is 432 g/mol. The Morgan fingerprint density at radius 2 is 1.73 bits per heavy atom. The van der Waals surface area contributed by atoms with Crippen molar-refractivity contribution in [2.45, 2.75) is 70.4 Å². The fourth-order valence-electron chi connectivity index (χ4n) is 4.83. The predicted octanol–water partition coefficient (Wildman–Crippen LogP) is 3.71. The molecule has 0 radical (unpaired) electrons. The summed E-state index contributed by atoms with van der Waals surface area (Å²) in [6.45, 7) is 5.31. The minimum absolute atomic E-state index is 0.0475. The van der Waals surface area contributed by atoms with Crippen LogP contribution in [0.3, 0.4) is 0 Å². The van der Waals surface area contributed by atoms with E-state index >= 15 is 0 Å². The van der Waals surface area contributed by atoms with Crippen LogP contribution in [-0.2, 0) is 14.3 Å². The second-order valence-electron chi connectivity index (χ2n) is 10.2. The van der Waals surface area contributed by atoms with Gasteiger partial charge in [-0.2, -0.15) is 0 Å². The number of likely N-dealkylation sites (N-methyl/N-ethyl adjacent to an activating group) is 1. The highest BCUT2D eigenvalue weighted by molar-refractivity contribution is 6.01. The van der Waals surface area contributed by atoms with E-state index in [1.165, 1.54) is 12.1 Å². The van der Waals surface area contributed by atoms with Crippen molar-refractivity contribution in [3.05, 3.63) is 29.3 Å². The Morgan fingerprint density at radius 3 is 2.30 bits per heavy atom. The largest absolute Gasteiger partial charge is 0.446 e. The summed E-state index contributed by atoms with van der Waals surface area (Å²) in [6.07, 6.45) is 3.47. The van der Waals surface area contributed by atoms with E-state index in [4.69, 9.17) is 4.74 Å². The second kappa shape index (κ2) is 8.91. The van der Waals surface area contributed by atoms with E-state index < -0.39 is 29.4 Å². The van der Waals surface area contributed by atoms with E-state index in [0.29, 0.717) is 24.2 Å². The smallest absolute Gasteiger partial charge is 0.410 e. The molecule has 7 nitrogen and oxygen atoms in total. The lowest BCUT2D eigenvalue weighted by Crippen LogP contribution is -2.60. The van der Waals surface area contributed by atoms with Crippen LogP contribution < -0.4 is 10.2 Å². The molecule has 1 N–H and O–H groups in total. The highest BCUT2D eigenvalue weighted by Crippen LogP contribution is 2.37. The number of nitrogens with zero attached hydrogens (tertiary/aromatic N) is 2. The molecule has 3 aliphatic rings. The minimum Gasteiger partial charge on any atom is -0.446 e. The molecule has 2 saturated heterocycles. The number of hydrogen-bond donors (Lipinski definition) is 1.